The third-order valence-electron chi connectivity index (χ3n) is 1.41. The predicted molar refractivity (Wildman–Crippen MR) is 34.3 cm³/mol. The van der Waals surface area contributed by atoms with Crippen molar-refractivity contribution in [2.45, 2.75) is 12.5 Å². The molecule has 0 saturated carbocycles. The molecule has 0 radical (unpaired) electrons. The fraction of sp³-hybridized carbons (Fsp3) is 1.00. The fourth-order valence-electron chi connectivity index (χ4n) is 0.890. The van der Waals surface area contributed by atoms with Gasteiger partial charge in [-0.25, -0.2) is 0 Å². The molecule has 0 aromatic rings. The molecule has 0 bridgehead atoms. The molecule has 1 heterocycles. The largest absolute Gasteiger partial charge is 0.503 e. The van der Waals surface area contributed by atoms with Gasteiger partial charge in [-0.15, -0.1) is 0 Å². The van der Waals surface area contributed by atoms with Crippen molar-refractivity contribution in [1.82, 2.24) is 0 Å². The van der Waals surface area contributed by atoms with Crippen molar-refractivity contribution in [1.29, 1.82) is 0 Å². The van der Waals surface area contributed by atoms with Gasteiger partial charge in [0.25, 0.3) is 0 Å². The number of hydrogen-bond acceptors (Lipinski definition) is 2. The van der Waals surface area contributed by atoms with E-state index >= 15 is 0 Å². The Morgan fingerprint density at radius 1 is 1.45 bits per heavy atom. The summed E-state index contributed by atoms with van der Waals surface area (Å²) in [4.78, 5) is 0. The molecule has 0 aromatic heterocycles. The lowest BCUT2D eigenvalue weighted by molar-refractivity contribution is 0.0561. The zero-order valence-corrected chi connectivity index (χ0v) is 5.93. The standard InChI is InChI=1S/C5H9BF3O2/c7-6(8,9)4-11-5-1-2-10-3-5/h5H,1-4H2/q-1. The molecule has 2 nitrogen and oxygen atoms in total. The molecule has 1 unspecified atom stereocenters. The summed E-state index contributed by atoms with van der Waals surface area (Å²) >= 11 is 0. The summed E-state index contributed by atoms with van der Waals surface area (Å²) in [6, 6.07) is 0. The van der Waals surface area contributed by atoms with E-state index in [0.717, 1.165) is 0 Å². The van der Waals surface area contributed by atoms with Crippen LogP contribution in [-0.2, 0) is 9.47 Å². The molecule has 66 valence electrons. The Hall–Kier alpha value is -0.225. The predicted octanol–water partition coefficient (Wildman–Crippen LogP) is 1.18. The lowest BCUT2D eigenvalue weighted by atomic mass is 9.95. The van der Waals surface area contributed by atoms with Crippen LogP contribution in [0.4, 0.5) is 12.9 Å². The lowest BCUT2D eigenvalue weighted by Crippen LogP contribution is -2.28. The van der Waals surface area contributed by atoms with Gasteiger partial charge in [0.15, 0.2) is 0 Å². The molecular formula is C5H9BF3O2-. The summed E-state index contributed by atoms with van der Waals surface area (Å²) in [6.07, 6.45) is 0.227. The second-order valence-electron chi connectivity index (χ2n) is 2.53. The number of ether oxygens (including phenoxy) is 2. The SMILES string of the molecule is F[B-](F)(F)COC1CCOC1. The van der Waals surface area contributed by atoms with Crippen molar-refractivity contribution < 1.29 is 22.4 Å². The molecule has 0 N–H and O–H groups in total. The van der Waals surface area contributed by atoms with Crippen molar-refractivity contribution in [3.05, 3.63) is 0 Å². The van der Waals surface area contributed by atoms with Gasteiger partial charge in [0.05, 0.1) is 12.7 Å². The average Bonchev–Trinajstić information content (AvgIpc) is 2.32. The number of hydrogen-bond donors (Lipinski definition) is 0. The van der Waals surface area contributed by atoms with Crippen LogP contribution in [0.3, 0.4) is 0 Å². The highest BCUT2D eigenvalue weighted by Gasteiger charge is 2.26. The van der Waals surface area contributed by atoms with Gasteiger partial charge in [0, 0.05) is 13.1 Å². The fourth-order valence-corrected chi connectivity index (χ4v) is 0.890. The molecule has 1 atom stereocenters. The van der Waals surface area contributed by atoms with Gasteiger partial charge in [-0.05, 0) is 6.42 Å². The molecule has 0 aromatic carbocycles. The Labute approximate surface area is 62.7 Å². The van der Waals surface area contributed by atoms with Crippen molar-refractivity contribution in [3.63, 3.8) is 0 Å². The molecule has 1 rings (SSSR count). The van der Waals surface area contributed by atoms with Crippen molar-refractivity contribution in [2.24, 2.45) is 0 Å². The Morgan fingerprint density at radius 2 is 2.18 bits per heavy atom. The smallest absolute Gasteiger partial charge is 0.447 e. The summed E-state index contributed by atoms with van der Waals surface area (Å²) in [7, 11) is 0. The monoisotopic (exact) mass is 169 g/mol. The topological polar surface area (TPSA) is 18.5 Å². The second kappa shape index (κ2) is 3.45. The Bertz CT molecular complexity index is 121. The van der Waals surface area contributed by atoms with Crippen molar-refractivity contribution in [3.8, 4) is 0 Å². The summed E-state index contributed by atoms with van der Waals surface area (Å²) in [5.74, 6) is 0. The Kier molecular flexibility index (Phi) is 2.78. The van der Waals surface area contributed by atoms with Crippen LogP contribution in [0.1, 0.15) is 6.42 Å². The van der Waals surface area contributed by atoms with Gasteiger partial charge in [0.2, 0.25) is 0 Å². The van der Waals surface area contributed by atoms with Crippen molar-refractivity contribution >= 4 is 6.98 Å². The summed E-state index contributed by atoms with van der Waals surface area (Å²) in [5, 5.41) is 0. The van der Waals surface area contributed by atoms with E-state index in [1.165, 1.54) is 0 Å². The minimum atomic E-state index is -4.80. The van der Waals surface area contributed by atoms with E-state index in [0.29, 0.717) is 19.6 Å². The first kappa shape index (κ1) is 8.87. The van der Waals surface area contributed by atoms with Crippen LogP contribution in [0.2, 0.25) is 0 Å². The van der Waals surface area contributed by atoms with Crippen LogP contribution >= 0.6 is 0 Å². The van der Waals surface area contributed by atoms with Gasteiger partial charge in [-0.2, -0.15) is 0 Å². The minimum Gasteiger partial charge on any atom is -0.447 e. The third-order valence-corrected chi connectivity index (χ3v) is 1.41. The molecule has 1 aliphatic heterocycles. The van der Waals surface area contributed by atoms with Gasteiger partial charge in [-0.3, -0.25) is 0 Å². The summed E-state index contributed by atoms with van der Waals surface area (Å²) in [5.41, 5.74) is 0. The highest BCUT2D eigenvalue weighted by atomic mass is 19.4. The maximum absolute atomic E-state index is 11.6. The number of rotatable bonds is 3. The zero-order valence-electron chi connectivity index (χ0n) is 5.93. The quantitative estimate of drug-likeness (QED) is 0.590. The first-order valence-electron chi connectivity index (χ1n) is 3.48. The molecule has 0 spiro atoms. The van der Waals surface area contributed by atoms with Crippen molar-refractivity contribution in [2.75, 3.05) is 19.7 Å². The number of halogens is 3. The summed E-state index contributed by atoms with van der Waals surface area (Å²) < 4.78 is 44.2. The van der Waals surface area contributed by atoms with Crippen LogP contribution in [0.25, 0.3) is 0 Å². The molecule has 1 saturated heterocycles. The Morgan fingerprint density at radius 3 is 2.64 bits per heavy atom. The van der Waals surface area contributed by atoms with E-state index in [9.17, 15) is 12.9 Å². The maximum atomic E-state index is 11.6. The van der Waals surface area contributed by atoms with E-state index in [2.05, 4.69) is 4.74 Å². The lowest BCUT2D eigenvalue weighted by Gasteiger charge is -2.16. The highest BCUT2D eigenvalue weighted by Crippen LogP contribution is 2.13. The highest BCUT2D eigenvalue weighted by molar-refractivity contribution is 6.58. The van der Waals surface area contributed by atoms with E-state index in [-0.39, 0.29) is 6.10 Å². The summed E-state index contributed by atoms with van der Waals surface area (Å²) in [6.45, 7) is -5.09. The van der Waals surface area contributed by atoms with Crippen LogP contribution < -0.4 is 0 Å². The minimum absolute atomic E-state index is 0.298. The van der Waals surface area contributed by atoms with Gasteiger partial charge >= 0.3 is 6.98 Å². The first-order valence-corrected chi connectivity index (χ1v) is 3.48. The zero-order chi connectivity index (χ0) is 8.32. The maximum Gasteiger partial charge on any atom is 0.503 e. The Balaban J connectivity index is 2.11. The van der Waals surface area contributed by atoms with E-state index < -0.39 is 13.5 Å². The van der Waals surface area contributed by atoms with Crippen LogP contribution in [0.5, 0.6) is 0 Å². The third kappa shape index (κ3) is 3.62. The molecule has 6 heteroatoms. The van der Waals surface area contributed by atoms with E-state index in [4.69, 9.17) is 4.74 Å². The van der Waals surface area contributed by atoms with Crippen LogP contribution in [0.15, 0.2) is 0 Å². The van der Waals surface area contributed by atoms with Gasteiger partial charge in [0.1, 0.15) is 0 Å². The second-order valence-corrected chi connectivity index (χ2v) is 2.53. The van der Waals surface area contributed by atoms with Crippen LogP contribution in [0, 0.1) is 0 Å². The molecular weight excluding hydrogens is 160 g/mol. The molecule has 0 amide bonds. The first-order chi connectivity index (χ1) is 5.08. The van der Waals surface area contributed by atoms with Crippen LogP contribution in [-0.4, -0.2) is 32.8 Å². The van der Waals surface area contributed by atoms with E-state index in [1.807, 2.05) is 0 Å². The van der Waals surface area contributed by atoms with E-state index in [1.54, 1.807) is 0 Å². The molecule has 1 fully saturated rings. The molecule has 0 aliphatic carbocycles. The normalized spacial score (nSPS) is 25.9. The van der Waals surface area contributed by atoms with Gasteiger partial charge < -0.3 is 22.4 Å². The van der Waals surface area contributed by atoms with Gasteiger partial charge in [-0.1, -0.05) is 0 Å². The average molecular weight is 169 g/mol. The molecule has 11 heavy (non-hydrogen) atoms. The molecule has 1 aliphatic rings.